The molecule has 0 aromatic carbocycles. The van der Waals surface area contributed by atoms with E-state index in [1.54, 1.807) is 0 Å². The Morgan fingerprint density at radius 1 is 1.45 bits per heavy atom. The Morgan fingerprint density at radius 2 is 2.36 bits per heavy atom. The minimum absolute atomic E-state index is 0.714. The maximum atomic E-state index is 4.55. The largest absolute Gasteiger partial charge is 0.337 e. The van der Waals surface area contributed by atoms with Gasteiger partial charge in [0.15, 0.2) is 0 Å². The molecular formula is C17H25N5. The predicted molar refractivity (Wildman–Crippen MR) is 87.4 cm³/mol. The monoisotopic (exact) mass is 299 g/mol. The van der Waals surface area contributed by atoms with Gasteiger partial charge in [-0.15, -0.1) is 6.58 Å². The molecule has 5 heteroatoms. The lowest BCUT2D eigenvalue weighted by Crippen LogP contribution is -2.36. The highest BCUT2D eigenvalue weighted by Crippen LogP contribution is 2.21. The van der Waals surface area contributed by atoms with Crippen LogP contribution < -0.4 is 0 Å². The average Bonchev–Trinajstić information content (AvgIpc) is 3.11. The first-order valence-electron chi connectivity index (χ1n) is 8.06. The van der Waals surface area contributed by atoms with Gasteiger partial charge < -0.3 is 4.57 Å². The Hall–Kier alpha value is -1.88. The third kappa shape index (κ3) is 3.65. The van der Waals surface area contributed by atoms with Crippen LogP contribution in [0, 0.1) is 12.8 Å². The van der Waals surface area contributed by atoms with E-state index in [2.05, 4.69) is 45.4 Å². The fraction of sp³-hybridized carbons (Fsp3) is 0.529. The Bertz CT molecular complexity index is 599. The van der Waals surface area contributed by atoms with E-state index in [0.717, 1.165) is 31.9 Å². The zero-order valence-corrected chi connectivity index (χ0v) is 13.4. The van der Waals surface area contributed by atoms with Crippen LogP contribution in [0.2, 0.25) is 0 Å². The van der Waals surface area contributed by atoms with Crippen LogP contribution in [0.15, 0.2) is 37.6 Å². The van der Waals surface area contributed by atoms with Crippen LogP contribution in [-0.4, -0.2) is 37.3 Å². The molecule has 0 bridgehead atoms. The number of likely N-dealkylation sites (tertiary alicyclic amines) is 1. The van der Waals surface area contributed by atoms with Crippen molar-refractivity contribution in [1.29, 1.82) is 0 Å². The Morgan fingerprint density at radius 3 is 3.14 bits per heavy atom. The molecule has 1 unspecified atom stereocenters. The quantitative estimate of drug-likeness (QED) is 0.769. The van der Waals surface area contributed by atoms with E-state index in [1.807, 2.05) is 23.3 Å². The zero-order valence-electron chi connectivity index (χ0n) is 13.4. The van der Waals surface area contributed by atoms with Crippen LogP contribution in [0.3, 0.4) is 0 Å². The zero-order chi connectivity index (χ0) is 15.4. The molecule has 1 saturated heterocycles. The molecule has 22 heavy (non-hydrogen) atoms. The average molecular weight is 299 g/mol. The van der Waals surface area contributed by atoms with Crippen LogP contribution in [0.4, 0.5) is 0 Å². The lowest BCUT2D eigenvalue weighted by atomic mass is 9.97. The summed E-state index contributed by atoms with van der Waals surface area (Å²) < 4.78 is 4.17. The van der Waals surface area contributed by atoms with E-state index in [-0.39, 0.29) is 0 Å². The van der Waals surface area contributed by atoms with Gasteiger partial charge >= 0.3 is 0 Å². The first-order chi connectivity index (χ1) is 10.7. The fourth-order valence-electron chi connectivity index (χ4n) is 3.32. The molecule has 118 valence electrons. The summed E-state index contributed by atoms with van der Waals surface area (Å²) in [5.41, 5.74) is 2.48. The maximum absolute atomic E-state index is 4.55. The predicted octanol–water partition coefficient (Wildman–Crippen LogP) is 2.49. The van der Waals surface area contributed by atoms with Gasteiger partial charge in [0.25, 0.3) is 0 Å². The molecule has 2 aromatic heterocycles. The summed E-state index contributed by atoms with van der Waals surface area (Å²) >= 11 is 0. The molecule has 1 atom stereocenters. The molecule has 1 aliphatic heterocycles. The minimum atomic E-state index is 0.714. The SMILES string of the molecule is C=CCn1cc(CN2CCCC(Cn3ccnc3)C2)c(C)n1. The summed E-state index contributed by atoms with van der Waals surface area (Å²) in [6.45, 7) is 11.1. The van der Waals surface area contributed by atoms with Crippen molar-refractivity contribution in [1.82, 2.24) is 24.2 Å². The van der Waals surface area contributed by atoms with E-state index in [1.165, 1.54) is 24.9 Å². The van der Waals surface area contributed by atoms with Gasteiger partial charge in [0.2, 0.25) is 0 Å². The normalized spacial score (nSPS) is 19.4. The number of rotatable bonds is 6. The second kappa shape index (κ2) is 6.92. The summed E-state index contributed by atoms with van der Waals surface area (Å²) in [5, 5.41) is 4.55. The third-order valence-corrected chi connectivity index (χ3v) is 4.39. The van der Waals surface area contributed by atoms with Gasteiger partial charge in [0, 0.05) is 43.8 Å². The lowest BCUT2D eigenvalue weighted by Gasteiger charge is -2.32. The number of hydrogen-bond donors (Lipinski definition) is 0. The summed E-state index contributed by atoms with van der Waals surface area (Å²) in [5.74, 6) is 0.714. The molecule has 0 spiro atoms. The molecule has 3 rings (SSSR count). The highest BCUT2D eigenvalue weighted by molar-refractivity contribution is 5.15. The molecule has 3 heterocycles. The van der Waals surface area contributed by atoms with Crippen LogP contribution in [-0.2, 0) is 19.6 Å². The number of aryl methyl sites for hydroxylation is 1. The summed E-state index contributed by atoms with van der Waals surface area (Å²) in [7, 11) is 0. The van der Waals surface area contributed by atoms with E-state index in [9.17, 15) is 0 Å². The first-order valence-corrected chi connectivity index (χ1v) is 8.06. The molecule has 0 radical (unpaired) electrons. The fourth-order valence-corrected chi connectivity index (χ4v) is 3.32. The van der Waals surface area contributed by atoms with Crippen LogP contribution in [0.1, 0.15) is 24.1 Å². The van der Waals surface area contributed by atoms with Crippen LogP contribution >= 0.6 is 0 Å². The molecular weight excluding hydrogens is 274 g/mol. The van der Waals surface area contributed by atoms with Crippen molar-refractivity contribution in [3.63, 3.8) is 0 Å². The number of aromatic nitrogens is 4. The topological polar surface area (TPSA) is 38.9 Å². The highest BCUT2D eigenvalue weighted by atomic mass is 15.3. The van der Waals surface area contributed by atoms with Crippen molar-refractivity contribution in [2.24, 2.45) is 5.92 Å². The number of imidazole rings is 1. The lowest BCUT2D eigenvalue weighted by molar-refractivity contribution is 0.155. The first kappa shape index (κ1) is 15.0. The standard InChI is InChI=1S/C17H25N5/c1-3-7-22-13-17(15(2)19-22)12-20-8-4-5-16(10-20)11-21-9-6-18-14-21/h3,6,9,13-14,16H,1,4-5,7-8,10-12H2,2H3. The van der Waals surface area contributed by atoms with Crippen molar-refractivity contribution in [2.45, 2.75) is 39.4 Å². The number of allylic oxidation sites excluding steroid dienone is 1. The van der Waals surface area contributed by atoms with Crippen molar-refractivity contribution in [3.05, 3.63) is 48.8 Å². The Kier molecular flexibility index (Phi) is 4.73. The third-order valence-electron chi connectivity index (χ3n) is 4.39. The van der Waals surface area contributed by atoms with Crippen molar-refractivity contribution < 1.29 is 0 Å². The molecule has 1 aliphatic rings. The molecule has 2 aromatic rings. The van der Waals surface area contributed by atoms with Gasteiger partial charge in [0.05, 0.1) is 18.6 Å². The highest BCUT2D eigenvalue weighted by Gasteiger charge is 2.21. The molecule has 0 aliphatic carbocycles. The summed E-state index contributed by atoms with van der Waals surface area (Å²) in [6.07, 6.45) is 12.5. The van der Waals surface area contributed by atoms with Gasteiger partial charge in [-0.2, -0.15) is 5.10 Å². The van der Waals surface area contributed by atoms with Gasteiger partial charge in [0.1, 0.15) is 0 Å². The second-order valence-electron chi connectivity index (χ2n) is 6.25. The molecule has 0 saturated carbocycles. The van der Waals surface area contributed by atoms with Gasteiger partial charge in [-0.1, -0.05) is 6.08 Å². The van der Waals surface area contributed by atoms with E-state index in [4.69, 9.17) is 0 Å². The van der Waals surface area contributed by atoms with Crippen molar-refractivity contribution in [2.75, 3.05) is 13.1 Å². The van der Waals surface area contributed by atoms with E-state index >= 15 is 0 Å². The maximum Gasteiger partial charge on any atom is 0.0946 e. The molecule has 5 nitrogen and oxygen atoms in total. The van der Waals surface area contributed by atoms with Gasteiger partial charge in [-0.05, 0) is 32.2 Å². The van der Waals surface area contributed by atoms with E-state index in [0.29, 0.717) is 5.92 Å². The Labute approximate surface area is 132 Å². The number of hydrogen-bond acceptors (Lipinski definition) is 3. The van der Waals surface area contributed by atoms with E-state index < -0.39 is 0 Å². The van der Waals surface area contributed by atoms with Crippen molar-refractivity contribution in [3.8, 4) is 0 Å². The Balaban J connectivity index is 1.59. The molecule has 1 fully saturated rings. The molecule has 0 N–H and O–H groups in total. The van der Waals surface area contributed by atoms with Crippen molar-refractivity contribution >= 4 is 0 Å². The van der Waals surface area contributed by atoms with Gasteiger partial charge in [-0.3, -0.25) is 9.58 Å². The number of piperidine rings is 1. The summed E-state index contributed by atoms with van der Waals surface area (Å²) in [6, 6.07) is 0. The minimum Gasteiger partial charge on any atom is -0.337 e. The summed E-state index contributed by atoms with van der Waals surface area (Å²) in [4.78, 5) is 6.70. The molecule has 0 amide bonds. The van der Waals surface area contributed by atoms with Gasteiger partial charge in [-0.25, -0.2) is 4.98 Å². The number of nitrogens with zero attached hydrogens (tertiary/aromatic N) is 5. The van der Waals surface area contributed by atoms with Crippen LogP contribution in [0.5, 0.6) is 0 Å². The second-order valence-corrected chi connectivity index (χ2v) is 6.25. The smallest absolute Gasteiger partial charge is 0.0946 e. The van der Waals surface area contributed by atoms with Crippen LogP contribution in [0.25, 0.3) is 0 Å².